The van der Waals surface area contributed by atoms with E-state index < -0.39 is 0 Å². The zero-order chi connectivity index (χ0) is 22.0. The summed E-state index contributed by atoms with van der Waals surface area (Å²) in [5, 5.41) is 34.5. The first kappa shape index (κ1) is 23.4. The highest BCUT2D eigenvalue weighted by Gasteiger charge is 2.17. The average Bonchev–Trinajstić information content (AvgIpc) is 3.03. The zero-order valence-corrected chi connectivity index (χ0v) is 17.3. The molecule has 1 aromatic carbocycles. The van der Waals surface area contributed by atoms with Crippen molar-refractivity contribution in [2.75, 3.05) is 0 Å². The van der Waals surface area contributed by atoms with E-state index in [1.54, 1.807) is 19.1 Å². The van der Waals surface area contributed by atoms with E-state index in [0.29, 0.717) is 16.6 Å². The standard InChI is InChI=1S/C21H23N3O.C3H5N/c1-5-7-8-9-13(3)16(6-2)17-11-18-19(10-15(17)12-22)24-21(25)20(18)14(4)23;1-2-3-4/h6,8-11,23-25H,2,5,7H2,1,3-4H3;2-4H,1H2/b9-8-,16-13+,23-14?;. The summed E-state index contributed by atoms with van der Waals surface area (Å²) in [6.45, 7) is 12.9. The summed E-state index contributed by atoms with van der Waals surface area (Å²) in [5.74, 6) is -0.0489. The van der Waals surface area contributed by atoms with Crippen LogP contribution in [-0.2, 0) is 0 Å². The predicted molar refractivity (Wildman–Crippen MR) is 123 cm³/mol. The van der Waals surface area contributed by atoms with Crippen LogP contribution in [0.2, 0.25) is 0 Å². The van der Waals surface area contributed by atoms with Crippen molar-refractivity contribution >= 4 is 28.4 Å². The Labute approximate surface area is 172 Å². The molecule has 0 aliphatic rings. The number of unbranched alkanes of at least 4 members (excludes halogenated alkanes) is 1. The summed E-state index contributed by atoms with van der Waals surface area (Å²) in [7, 11) is 0. The fraction of sp³-hybridized carbons (Fsp3) is 0.208. The van der Waals surface area contributed by atoms with Gasteiger partial charge in [0.1, 0.15) is 0 Å². The van der Waals surface area contributed by atoms with Crippen molar-refractivity contribution in [3.05, 3.63) is 71.9 Å². The summed E-state index contributed by atoms with van der Waals surface area (Å²) in [6, 6.07) is 5.79. The Balaban J connectivity index is 0.000000960. The van der Waals surface area contributed by atoms with Crippen molar-refractivity contribution in [2.24, 2.45) is 0 Å². The number of hydrogen-bond acceptors (Lipinski definition) is 4. The Hall–Kier alpha value is -3.65. The maximum absolute atomic E-state index is 10.1. The van der Waals surface area contributed by atoms with Gasteiger partial charge in [-0.05, 0) is 43.5 Å². The smallest absolute Gasteiger partial charge is 0.198 e. The number of aromatic amines is 1. The van der Waals surface area contributed by atoms with Crippen LogP contribution >= 0.6 is 0 Å². The van der Waals surface area contributed by atoms with Gasteiger partial charge in [0.2, 0.25) is 0 Å². The van der Waals surface area contributed by atoms with Crippen LogP contribution in [0.25, 0.3) is 16.5 Å². The molecule has 0 saturated heterocycles. The van der Waals surface area contributed by atoms with Crippen LogP contribution in [0, 0.1) is 22.1 Å². The van der Waals surface area contributed by atoms with Crippen molar-refractivity contribution in [3.63, 3.8) is 0 Å². The molecule has 0 fully saturated rings. The molecule has 0 radical (unpaired) electrons. The monoisotopic (exact) mass is 388 g/mol. The number of nitrogens with one attached hydrogen (secondary N) is 3. The van der Waals surface area contributed by atoms with Crippen LogP contribution in [0.3, 0.4) is 0 Å². The summed E-state index contributed by atoms with van der Waals surface area (Å²) in [6.07, 6.45) is 10.5. The fourth-order valence-corrected chi connectivity index (χ4v) is 2.92. The molecule has 1 aromatic heterocycles. The third kappa shape index (κ3) is 5.66. The lowest BCUT2D eigenvalue weighted by Crippen LogP contribution is -1.94. The van der Waals surface area contributed by atoms with E-state index >= 15 is 0 Å². The molecule has 29 heavy (non-hydrogen) atoms. The first-order valence-corrected chi connectivity index (χ1v) is 9.32. The molecule has 1 heterocycles. The first-order valence-electron chi connectivity index (χ1n) is 9.32. The minimum Gasteiger partial charge on any atom is -0.494 e. The maximum atomic E-state index is 10.1. The first-order chi connectivity index (χ1) is 13.9. The Kier molecular flexibility index (Phi) is 9.07. The SMILES string of the molecule is C=C/C(=C(C)\C=C/CCC)c1cc2c(C(C)=N)c(O)[nH]c2cc1C#N.C=CC=N. The summed E-state index contributed by atoms with van der Waals surface area (Å²) >= 11 is 0. The van der Waals surface area contributed by atoms with Gasteiger partial charge in [-0.25, -0.2) is 0 Å². The van der Waals surface area contributed by atoms with Gasteiger partial charge in [-0.3, -0.25) is 0 Å². The van der Waals surface area contributed by atoms with Crippen LogP contribution in [-0.4, -0.2) is 22.0 Å². The Morgan fingerprint density at radius 2 is 1.97 bits per heavy atom. The van der Waals surface area contributed by atoms with E-state index in [1.807, 2.05) is 19.1 Å². The number of nitriles is 1. The second-order valence-corrected chi connectivity index (χ2v) is 6.42. The molecule has 0 aliphatic carbocycles. The van der Waals surface area contributed by atoms with Crippen LogP contribution in [0.1, 0.15) is 50.3 Å². The third-order valence-electron chi connectivity index (χ3n) is 4.27. The van der Waals surface area contributed by atoms with E-state index in [1.165, 1.54) is 6.08 Å². The van der Waals surface area contributed by atoms with Gasteiger partial charge in [-0.2, -0.15) is 5.26 Å². The van der Waals surface area contributed by atoms with Crippen LogP contribution < -0.4 is 0 Å². The second kappa shape index (κ2) is 11.3. The molecule has 0 unspecified atom stereocenters. The second-order valence-electron chi connectivity index (χ2n) is 6.42. The number of nitrogens with zero attached hydrogens (tertiary/aromatic N) is 1. The summed E-state index contributed by atoms with van der Waals surface area (Å²) in [5.41, 5.74) is 4.52. The molecule has 0 saturated carbocycles. The molecule has 2 aromatic rings. The van der Waals surface area contributed by atoms with E-state index in [-0.39, 0.29) is 11.6 Å². The molecule has 5 nitrogen and oxygen atoms in total. The number of hydrogen-bond donors (Lipinski definition) is 4. The van der Waals surface area contributed by atoms with Gasteiger partial charge in [0.05, 0.1) is 22.7 Å². The van der Waals surface area contributed by atoms with Crippen LogP contribution in [0.5, 0.6) is 5.88 Å². The van der Waals surface area contributed by atoms with Gasteiger partial charge < -0.3 is 20.9 Å². The molecule has 0 amide bonds. The molecule has 5 heteroatoms. The van der Waals surface area contributed by atoms with Gasteiger partial charge in [-0.1, -0.05) is 50.8 Å². The molecule has 0 spiro atoms. The third-order valence-corrected chi connectivity index (χ3v) is 4.27. The van der Waals surface area contributed by atoms with Gasteiger partial charge in [0.25, 0.3) is 0 Å². The lowest BCUT2D eigenvalue weighted by atomic mass is 9.93. The van der Waals surface area contributed by atoms with Crippen molar-refractivity contribution in [2.45, 2.75) is 33.6 Å². The predicted octanol–water partition coefficient (Wildman–Crippen LogP) is 6.27. The largest absolute Gasteiger partial charge is 0.494 e. The number of fused-ring (bicyclic) bond motifs is 1. The zero-order valence-electron chi connectivity index (χ0n) is 17.3. The van der Waals surface area contributed by atoms with Crippen molar-refractivity contribution in [1.29, 1.82) is 16.1 Å². The topological polar surface area (TPSA) is 108 Å². The van der Waals surface area contributed by atoms with E-state index in [0.717, 1.165) is 41.2 Å². The van der Waals surface area contributed by atoms with Crippen molar-refractivity contribution in [3.8, 4) is 11.9 Å². The van der Waals surface area contributed by atoms with Gasteiger partial charge in [-0.15, -0.1) is 0 Å². The molecular weight excluding hydrogens is 360 g/mol. The van der Waals surface area contributed by atoms with Crippen LogP contribution in [0.4, 0.5) is 0 Å². The molecule has 0 bridgehead atoms. The lowest BCUT2D eigenvalue weighted by Gasteiger charge is -2.09. The Bertz CT molecular complexity index is 1020. The number of aromatic nitrogens is 1. The highest BCUT2D eigenvalue weighted by molar-refractivity contribution is 6.11. The minimum absolute atomic E-state index is 0.0489. The van der Waals surface area contributed by atoms with Gasteiger partial charge in [0, 0.05) is 22.9 Å². The summed E-state index contributed by atoms with van der Waals surface area (Å²) < 4.78 is 0. The molecule has 4 N–H and O–H groups in total. The molecule has 0 atom stereocenters. The minimum atomic E-state index is -0.0489. The molecule has 150 valence electrons. The van der Waals surface area contributed by atoms with Crippen molar-refractivity contribution in [1.82, 2.24) is 4.98 Å². The number of benzene rings is 1. The van der Waals surface area contributed by atoms with Crippen molar-refractivity contribution < 1.29 is 5.11 Å². The number of rotatable bonds is 7. The van der Waals surface area contributed by atoms with E-state index in [4.69, 9.17) is 10.8 Å². The van der Waals surface area contributed by atoms with Gasteiger partial charge >= 0.3 is 0 Å². The van der Waals surface area contributed by atoms with E-state index in [2.05, 4.69) is 37.2 Å². The average molecular weight is 389 g/mol. The van der Waals surface area contributed by atoms with E-state index in [9.17, 15) is 10.4 Å². The molecule has 2 rings (SSSR count). The Morgan fingerprint density at radius 3 is 2.45 bits per heavy atom. The summed E-state index contributed by atoms with van der Waals surface area (Å²) in [4.78, 5) is 2.85. The van der Waals surface area contributed by atoms with Gasteiger partial charge in [0.15, 0.2) is 5.88 Å². The molecule has 0 aliphatic heterocycles. The molecular formula is C24H28N4O. The highest BCUT2D eigenvalue weighted by atomic mass is 16.3. The normalized spacial score (nSPS) is 11.2. The number of allylic oxidation sites excluding steroid dienone is 6. The fourth-order valence-electron chi connectivity index (χ4n) is 2.92. The number of H-pyrrole nitrogens is 1. The maximum Gasteiger partial charge on any atom is 0.198 e. The number of aromatic hydroxyl groups is 1. The lowest BCUT2D eigenvalue weighted by molar-refractivity contribution is 0.457. The highest BCUT2D eigenvalue weighted by Crippen LogP contribution is 2.33. The Morgan fingerprint density at radius 1 is 1.31 bits per heavy atom. The van der Waals surface area contributed by atoms with Crippen LogP contribution in [0.15, 0.2) is 55.2 Å². The quantitative estimate of drug-likeness (QED) is 0.331.